The SMILES string of the molecule is Cc1ccccc1SCC(O)COc1ccc(N)cc1. The smallest absolute Gasteiger partial charge is 0.119 e. The van der Waals surface area contributed by atoms with Crippen molar-refractivity contribution in [3.8, 4) is 5.75 Å². The molecule has 20 heavy (non-hydrogen) atoms. The van der Waals surface area contributed by atoms with Gasteiger partial charge in [-0.2, -0.15) is 0 Å². The van der Waals surface area contributed by atoms with E-state index in [0.717, 1.165) is 5.75 Å². The van der Waals surface area contributed by atoms with E-state index in [2.05, 4.69) is 19.1 Å². The number of rotatable bonds is 6. The Kier molecular flexibility index (Phi) is 5.32. The van der Waals surface area contributed by atoms with Gasteiger partial charge in [-0.1, -0.05) is 18.2 Å². The molecule has 0 amide bonds. The highest BCUT2D eigenvalue weighted by Gasteiger charge is 2.07. The molecule has 0 spiro atoms. The van der Waals surface area contributed by atoms with Crippen LogP contribution in [0.5, 0.6) is 5.75 Å². The Balaban J connectivity index is 1.77. The third-order valence-corrected chi connectivity index (χ3v) is 4.17. The van der Waals surface area contributed by atoms with Gasteiger partial charge in [0.1, 0.15) is 12.4 Å². The third kappa shape index (κ3) is 4.47. The number of aryl methyl sites for hydroxylation is 1. The Morgan fingerprint density at radius 2 is 1.85 bits per heavy atom. The molecule has 3 N–H and O–H groups in total. The van der Waals surface area contributed by atoms with Gasteiger partial charge in [0.25, 0.3) is 0 Å². The summed E-state index contributed by atoms with van der Waals surface area (Å²) >= 11 is 1.64. The normalized spacial score (nSPS) is 12.1. The van der Waals surface area contributed by atoms with Gasteiger partial charge in [0, 0.05) is 16.3 Å². The zero-order valence-corrected chi connectivity index (χ0v) is 12.3. The molecule has 106 valence electrons. The van der Waals surface area contributed by atoms with Gasteiger partial charge in [-0.05, 0) is 42.8 Å². The average molecular weight is 289 g/mol. The number of hydrogen-bond donors (Lipinski definition) is 2. The molecule has 1 unspecified atom stereocenters. The van der Waals surface area contributed by atoms with Gasteiger partial charge in [-0.25, -0.2) is 0 Å². The van der Waals surface area contributed by atoms with E-state index < -0.39 is 6.10 Å². The Hall–Kier alpha value is -1.65. The molecule has 4 heteroatoms. The fourth-order valence-electron chi connectivity index (χ4n) is 1.71. The highest BCUT2D eigenvalue weighted by atomic mass is 32.2. The molecule has 0 heterocycles. The summed E-state index contributed by atoms with van der Waals surface area (Å²) in [4.78, 5) is 1.19. The van der Waals surface area contributed by atoms with Crippen LogP contribution in [0.3, 0.4) is 0 Å². The van der Waals surface area contributed by atoms with Gasteiger partial charge < -0.3 is 15.6 Å². The summed E-state index contributed by atoms with van der Waals surface area (Å²) in [6.07, 6.45) is -0.503. The Morgan fingerprint density at radius 1 is 1.15 bits per heavy atom. The van der Waals surface area contributed by atoms with E-state index in [1.54, 1.807) is 36.0 Å². The lowest BCUT2D eigenvalue weighted by atomic mass is 10.2. The van der Waals surface area contributed by atoms with Crippen molar-refractivity contribution in [1.82, 2.24) is 0 Å². The second-order valence-electron chi connectivity index (χ2n) is 4.61. The summed E-state index contributed by atoms with van der Waals surface area (Å²) in [6.45, 7) is 2.35. The van der Waals surface area contributed by atoms with Gasteiger partial charge >= 0.3 is 0 Å². The molecule has 0 saturated carbocycles. The Morgan fingerprint density at radius 3 is 2.55 bits per heavy atom. The monoisotopic (exact) mass is 289 g/mol. The van der Waals surface area contributed by atoms with Crippen molar-refractivity contribution in [3.05, 3.63) is 54.1 Å². The lowest BCUT2D eigenvalue weighted by Crippen LogP contribution is -2.20. The quantitative estimate of drug-likeness (QED) is 0.634. The summed E-state index contributed by atoms with van der Waals surface area (Å²) in [5, 5.41) is 9.95. The van der Waals surface area contributed by atoms with Crippen molar-refractivity contribution in [2.45, 2.75) is 17.9 Å². The summed E-state index contributed by atoms with van der Waals surface area (Å²) in [5.41, 5.74) is 7.53. The second-order valence-corrected chi connectivity index (χ2v) is 5.67. The fraction of sp³-hybridized carbons (Fsp3) is 0.250. The first-order chi connectivity index (χ1) is 9.65. The Bertz CT molecular complexity index is 542. The van der Waals surface area contributed by atoms with Crippen LogP contribution < -0.4 is 10.5 Å². The van der Waals surface area contributed by atoms with Crippen LogP contribution in [0.2, 0.25) is 0 Å². The van der Waals surface area contributed by atoms with Crippen molar-refractivity contribution in [3.63, 3.8) is 0 Å². The minimum atomic E-state index is -0.503. The number of nitrogens with two attached hydrogens (primary N) is 1. The minimum absolute atomic E-state index is 0.281. The van der Waals surface area contributed by atoms with Crippen LogP contribution in [0.25, 0.3) is 0 Å². The van der Waals surface area contributed by atoms with Crippen molar-refractivity contribution < 1.29 is 9.84 Å². The maximum atomic E-state index is 9.95. The number of aliphatic hydroxyl groups excluding tert-OH is 1. The molecular weight excluding hydrogens is 270 g/mol. The van der Waals surface area contributed by atoms with E-state index in [0.29, 0.717) is 11.4 Å². The predicted molar refractivity (Wildman–Crippen MR) is 84.3 cm³/mol. The van der Waals surface area contributed by atoms with Crippen molar-refractivity contribution in [2.24, 2.45) is 0 Å². The third-order valence-electron chi connectivity index (χ3n) is 2.85. The van der Waals surface area contributed by atoms with Crippen LogP contribution in [0.1, 0.15) is 5.56 Å². The molecule has 3 nitrogen and oxygen atoms in total. The number of benzene rings is 2. The summed E-state index contributed by atoms with van der Waals surface area (Å²) in [6, 6.07) is 15.3. The van der Waals surface area contributed by atoms with Gasteiger partial charge in [0.05, 0.1) is 6.10 Å². The molecule has 0 aromatic heterocycles. The van der Waals surface area contributed by atoms with E-state index in [1.807, 2.05) is 12.1 Å². The van der Waals surface area contributed by atoms with Gasteiger partial charge in [-0.15, -0.1) is 11.8 Å². The maximum absolute atomic E-state index is 9.95. The number of aliphatic hydroxyl groups is 1. The molecule has 0 aliphatic carbocycles. The van der Waals surface area contributed by atoms with Gasteiger partial charge in [-0.3, -0.25) is 0 Å². The average Bonchev–Trinajstić information content (AvgIpc) is 2.46. The van der Waals surface area contributed by atoms with E-state index in [9.17, 15) is 5.11 Å². The fourth-order valence-corrected chi connectivity index (χ4v) is 2.65. The molecule has 0 bridgehead atoms. The van der Waals surface area contributed by atoms with Crippen molar-refractivity contribution >= 4 is 17.4 Å². The first-order valence-electron chi connectivity index (χ1n) is 6.50. The van der Waals surface area contributed by atoms with Crippen LogP contribution in [0.15, 0.2) is 53.4 Å². The molecule has 0 aliphatic heterocycles. The zero-order chi connectivity index (χ0) is 14.4. The van der Waals surface area contributed by atoms with E-state index in [4.69, 9.17) is 10.5 Å². The zero-order valence-electron chi connectivity index (χ0n) is 11.5. The largest absolute Gasteiger partial charge is 0.491 e. The number of anilines is 1. The maximum Gasteiger partial charge on any atom is 0.119 e. The lowest BCUT2D eigenvalue weighted by Gasteiger charge is -2.13. The number of nitrogen functional groups attached to an aromatic ring is 1. The van der Waals surface area contributed by atoms with Gasteiger partial charge in [0.2, 0.25) is 0 Å². The van der Waals surface area contributed by atoms with Crippen LogP contribution >= 0.6 is 11.8 Å². The van der Waals surface area contributed by atoms with Gasteiger partial charge in [0.15, 0.2) is 0 Å². The lowest BCUT2D eigenvalue weighted by molar-refractivity contribution is 0.126. The topological polar surface area (TPSA) is 55.5 Å². The summed E-state index contributed by atoms with van der Waals surface area (Å²) in [7, 11) is 0. The minimum Gasteiger partial charge on any atom is -0.491 e. The highest BCUT2D eigenvalue weighted by Crippen LogP contribution is 2.22. The number of thioether (sulfide) groups is 1. The molecule has 0 radical (unpaired) electrons. The molecule has 0 saturated heterocycles. The van der Waals surface area contributed by atoms with Crippen molar-refractivity contribution in [2.75, 3.05) is 18.1 Å². The van der Waals surface area contributed by atoms with E-state index in [1.165, 1.54) is 10.5 Å². The molecule has 0 aliphatic rings. The van der Waals surface area contributed by atoms with Crippen molar-refractivity contribution in [1.29, 1.82) is 0 Å². The van der Waals surface area contributed by atoms with Crippen LogP contribution in [-0.2, 0) is 0 Å². The summed E-state index contributed by atoms with van der Waals surface area (Å²) < 4.78 is 5.52. The first kappa shape index (κ1) is 14.8. The van der Waals surface area contributed by atoms with Crippen LogP contribution in [0, 0.1) is 6.92 Å². The molecule has 2 aromatic rings. The molecular formula is C16H19NO2S. The van der Waals surface area contributed by atoms with E-state index in [-0.39, 0.29) is 6.61 Å². The molecule has 1 atom stereocenters. The van der Waals surface area contributed by atoms with Crippen LogP contribution in [0.4, 0.5) is 5.69 Å². The number of ether oxygens (including phenoxy) is 1. The molecule has 2 rings (SSSR count). The summed E-state index contributed by atoms with van der Waals surface area (Å²) in [5.74, 6) is 1.33. The second kappa shape index (κ2) is 7.22. The molecule has 0 fully saturated rings. The predicted octanol–water partition coefficient (Wildman–Crippen LogP) is 3.11. The van der Waals surface area contributed by atoms with Crippen LogP contribution in [-0.4, -0.2) is 23.6 Å². The standard InChI is InChI=1S/C16H19NO2S/c1-12-4-2-3-5-16(12)20-11-14(18)10-19-15-8-6-13(17)7-9-15/h2-9,14,18H,10-11,17H2,1H3. The molecule has 2 aromatic carbocycles. The highest BCUT2D eigenvalue weighted by molar-refractivity contribution is 7.99. The Labute approximate surface area is 123 Å². The van der Waals surface area contributed by atoms with E-state index >= 15 is 0 Å². The first-order valence-corrected chi connectivity index (χ1v) is 7.48. The number of hydrogen-bond acceptors (Lipinski definition) is 4.